The van der Waals surface area contributed by atoms with Crippen LogP contribution in [0, 0.1) is 0 Å². The van der Waals surface area contributed by atoms with Crippen LogP contribution in [0.25, 0.3) is 0 Å². The first kappa shape index (κ1) is 15.5. The molecule has 0 amide bonds. The molecule has 132 valence electrons. The summed E-state index contributed by atoms with van der Waals surface area (Å²) >= 11 is 0. The van der Waals surface area contributed by atoms with Gasteiger partial charge in [-0.25, -0.2) is 0 Å². The van der Waals surface area contributed by atoms with E-state index in [2.05, 4.69) is 56.9 Å². The van der Waals surface area contributed by atoms with Crippen molar-refractivity contribution in [1.82, 2.24) is 19.7 Å². The highest BCUT2D eigenvalue weighted by Crippen LogP contribution is 2.45. The number of benzene rings is 1. The number of aromatic nitrogens is 3. The highest BCUT2D eigenvalue weighted by Gasteiger charge is 2.37. The van der Waals surface area contributed by atoms with Gasteiger partial charge < -0.3 is 9.30 Å². The van der Waals surface area contributed by atoms with Gasteiger partial charge in [0.15, 0.2) is 0 Å². The number of hydrogen-bond donors (Lipinski definition) is 0. The van der Waals surface area contributed by atoms with Crippen molar-refractivity contribution in [3.8, 4) is 0 Å². The summed E-state index contributed by atoms with van der Waals surface area (Å²) in [5, 5.41) is 9.19. The highest BCUT2D eigenvalue weighted by molar-refractivity contribution is 5.20. The molecule has 2 saturated carbocycles. The Morgan fingerprint density at radius 2 is 1.88 bits per heavy atom. The van der Waals surface area contributed by atoms with Crippen LogP contribution in [0.3, 0.4) is 0 Å². The molecule has 3 aliphatic rings. The zero-order valence-electron chi connectivity index (χ0n) is 14.8. The van der Waals surface area contributed by atoms with Gasteiger partial charge in [-0.2, -0.15) is 0 Å². The summed E-state index contributed by atoms with van der Waals surface area (Å²) in [6.07, 6.45) is 5.40. The van der Waals surface area contributed by atoms with Gasteiger partial charge in [-0.3, -0.25) is 4.90 Å². The number of hydrogen-bond acceptors (Lipinski definition) is 4. The maximum absolute atomic E-state index is 5.97. The van der Waals surface area contributed by atoms with Crippen LogP contribution in [0.2, 0.25) is 0 Å². The smallest absolute Gasteiger partial charge is 0.147 e. The van der Waals surface area contributed by atoms with E-state index in [0.717, 1.165) is 25.5 Å². The number of ether oxygens (including phenoxy) is 1. The van der Waals surface area contributed by atoms with Crippen LogP contribution in [0.1, 0.15) is 67.8 Å². The first-order valence-corrected chi connectivity index (χ1v) is 9.64. The molecule has 5 nitrogen and oxygen atoms in total. The third-order valence-electron chi connectivity index (χ3n) is 5.65. The Kier molecular flexibility index (Phi) is 3.86. The summed E-state index contributed by atoms with van der Waals surface area (Å²) in [6, 6.07) is 11.7. The molecule has 2 heterocycles. The molecular weight excluding hydrogens is 312 g/mol. The van der Waals surface area contributed by atoms with Gasteiger partial charge in [-0.1, -0.05) is 30.3 Å². The minimum absolute atomic E-state index is 0.264. The van der Waals surface area contributed by atoms with E-state index in [0.29, 0.717) is 18.0 Å². The summed E-state index contributed by atoms with van der Waals surface area (Å²) < 4.78 is 8.44. The Hall–Kier alpha value is -1.72. The lowest BCUT2D eigenvalue weighted by atomic mass is 10.0. The predicted molar refractivity (Wildman–Crippen MR) is 95.3 cm³/mol. The van der Waals surface area contributed by atoms with Crippen LogP contribution in [0.5, 0.6) is 0 Å². The van der Waals surface area contributed by atoms with Crippen molar-refractivity contribution in [2.24, 2.45) is 0 Å². The van der Waals surface area contributed by atoms with Crippen molar-refractivity contribution in [3.63, 3.8) is 0 Å². The molecule has 0 unspecified atom stereocenters. The molecule has 1 saturated heterocycles. The van der Waals surface area contributed by atoms with Crippen LogP contribution in [-0.2, 0) is 11.3 Å². The zero-order valence-corrected chi connectivity index (χ0v) is 14.8. The number of rotatable bonds is 5. The maximum Gasteiger partial charge on any atom is 0.147 e. The summed E-state index contributed by atoms with van der Waals surface area (Å²) in [5.41, 5.74) is 1.33. The standard InChI is InChI=1S/C20H26N4O/c1-14-11-23(18(13-25-14)15-5-3-2-4-6-15)12-19-21-22-20(16-7-8-16)24(19)17-9-10-17/h2-6,14,16-18H,7-13H2,1H3/t14-,18+/m1/s1. The second-order valence-corrected chi connectivity index (χ2v) is 7.85. The summed E-state index contributed by atoms with van der Waals surface area (Å²) in [5.74, 6) is 3.06. The van der Waals surface area contributed by atoms with Gasteiger partial charge in [0, 0.05) is 18.5 Å². The van der Waals surface area contributed by atoms with E-state index in [9.17, 15) is 0 Å². The molecule has 3 fully saturated rings. The van der Waals surface area contributed by atoms with Crippen molar-refractivity contribution >= 4 is 0 Å². The Bertz CT molecular complexity index is 735. The second kappa shape index (κ2) is 6.22. The minimum Gasteiger partial charge on any atom is -0.375 e. The molecule has 5 rings (SSSR count). The van der Waals surface area contributed by atoms with Crippen molar-refractivity contribution in [2.75, 3.05) is 13.2 Å². The van der Waals surface area contributed by atoms with Crippen LogP contribution in [-0.4, -0.2) is 38.9 Å². The quantitative estimate of drug-likeness (QED) is 0.837. The van der Waals surface area contributed by atoms with Gasteiger partial charge in [-0.05, 0) is 38.2 Å². The molecular formula is C20H26N4O. The summed E-state index contributed by atoms with van der Waals surface area (Å²) in [7, 11) is 0. The Morgan fingerprint density at radius 3 is 2.60 bits per heavy atom. The largest absolute Gasteiger partial charge is 0.375 e. The molecule has 1 aromatic heterocycles. The molecule has 5 heteroatoms. The normalized spacial score (nSPS) is 27.6. The van der Waals surface area contributed by atoms with Crippen molar-refractivity contribution < 1.29 is 4.74 Å². The first-order chi connectivity index (χ1) is 12.3. The summed E-state index contributed by atoms with van der Waals surface area (Å²) in [6.45, 7) is 4.72. The topological polar surface area (TPSA) is 43.2 Å². The third kappa shape index (κ3) is 3.11. The van der Waals surface area contributed by atoms with Gasteiger partial charge in [-0.15, -0.1) is 10.2 Å². The molecule has 1 aromatic carbocycles. The van der Waals surface area contributed by atoms with E-state index < -0.39 is 0 Å². The average molecular weight is 338 g/mol. The zero-order chi connectivity index (χ0) is 16.8. The fourth-order valence-corrected chi connectivity index (χ4v) is 4.01. The molecule has 2 aliphatic carbocycles. The van der Waals surface area contributed by atoms with Crippen molar-refractivity contribution in [2.45, 2.75) is 63.3 Å². The van der Waals surface area contributed by atoms with Crippen molar-refractivity contribution in [3.05, 3.63) is 47.5 Å². The molecule has 0 N–H and O–H groups in total. The molecule has 0 bridgehead atoms. The molecule has 1 aliphatic heterocycles. The van der Waals surface area contributed by atoms with Gasteiger partial charge in [0.25, 0.3) is 0 Å². The number of nitrogens with zero attached hydrogens (tertiary/aromatic N) is 4. The van der Waals surface area contributed by atoms with E-state index in [4.69, 9.17) is 4.74 Å². The monoisotopic (exact) mass is 338 g/mol. The van der Waals surface area contributed by atoms with E-state index in [1.807, 2.05) is 0 Å². The molecule has 0 spiro atoms. The minimum atomic E-state index is 0.264. The van der Waals surface area contributed by atoms with E-state index in [1.54, 1.807) is 0 Å². The maximum atomic E-state index is 5.97. The Morgan fingerprint density at radius 1 is 1.08 bits per heavy atom. The second-order valence-electron chi connectivity index (χ2n) is 7.85. The van der Waals surface area contributed by atoms with Gasteiger partial charge >= 0.3 is 0 Å². The fraction of sp³-hybridized carbons (Fsp3) is 0.600. The number of morpholine rings is 1. The van der Waals surface area contributed by atoms with Crippen LogP contribution >= 0.6 is 0 Å². The molecule has 2 atom stereocenters. The van der Waals surface area contributed by atoms with Crippen LogP contribution in [0.15, 0.2) is 30.3 Å². The lowest BCUT2D eigenvalue weighted by Gasteiger charge is -2.38. The lowest BCUT2D eigenvalue weighted by molar-refractivity contribution is -0.0609. The van der Waals surface area contributed by atoms with Crippen LogP contribution in [0.4, 0.5) is 0 Å². The van der Waals surface area contributed by atoms with E-state index in [1.165, 1.54) is 37.1 Å². The molecule has 0 radical (unpaired) electrons. The molecule has 25 heavy (non-hydrogen) atoms. The Balaban J connectivity index is 1.43. The predicted octanol–water partition coefficient (Wildman–Crippen LogP) is 3.45. The van der Waals surface area contributed by atoms with Crippen molar-refractivity contribution in [1.29, 1.82) is 0 Å². The third-order valence-corrected chi connectivity index (χ3v) is 5.65. The molecule has 2 aromatic rings. The van der Waals surface area contributed by atoms with Crippen LogP contribution < -0.4 is 0 Å². The van der Waals surface area contributed by atoms with Gasteiger partial charge in [0.1, 0.15) is 11.6 Å². The van der Waals surface area contributed by atoms with Gasteiger partial charge in [0.05, 0.1) is 25.3 Å². The first-order valence-electron chi connectivity index (χ1n) is 9.64. The Labute approximate surface area is 149 Å². The SMILES string of the molecule is C[C@@H]1CN(Cc2nnc(C3CC3)n2C2CC2)[C@H](c2ccccc2)CO1. The fourth-order valence-electron chi connectivity index (χ4n) is 4.01. The van der Waals surface area contributed by atoms with Gasteiger partial charge in [0.2, 0.25) is 0 Å². The lowest BCUT2D eigenvalue weighted by Crippen LogP contribution is -2.43. The van der Waals surface area contributed by atoms with E-state index in [-0.39, 0.29) is 6.10 Å². The highest BCUT2D eigenvalue weighted by atomic mass is 16.5. The summed E-state index contributed by atoms with van der Waals surface area (Å²) in [4.78, 5) is 2.53. The van der Waals surface area contributed by atoms with E-state index >= 15 is 0 Å². The average Bonchev–Trinajstić information content (AvgIpc) is 3.55.